The van der Waals surface area contributed by atoms with Gasteiger partial charge in [0.05, 0.1) is 22.5 Å². The van der Waals surface area contributed by atoms with Crippen LogP contribution < -0.4 is 5.73 Å². The number of nitrogens with two attached hydrogens (primary N) is 1. The van der Waals surface area contributed by atoms with Crippen LogP contribution in [0.4, 0.5) is 4.39 Å². The van der Waals surface area contributed by atoms with Crippen LogP contribution in [-0.4, -0.2) is 48.7 Å². The smallest absolute Gasteiger partial charge is 0.139 e. The maximum absolute atomic E-state index is 14.6. The molecule has 1 fully saturated rings. The van der Waals surface area contributed by atoms with Crippen molar-refractivity contribution >= 4 is 35.1 Å². The number of halogens is 1. The third-order valence-electron chi connectivity index (χ3n) is 6.42. The minimum Gasteiger partial charge on any atom is -0.354 e. The summed E-state index contributed by atoms with van der Waals surface area (Å²) < 4.78 is 14.6. The summed E-state index contributed by atoms with van der Waals surface area (Å²) in [7, 11) is 0. The Labute approximate surface area is 200 Å². The van der Waals surface area contributed by atoms with Gasteiger partial charge in [-0.05, 0) is 51.8 Å². The molecule has 2 N–H and O–H groups in total. The summed E-state index contributed by atoms with van der Waals surface area (Å²) in [5.41, 5.74) is 10.4. The van der Waals surface area contributed by atoms with Crippen molar-refractivity contribution in [3.05, 3.63) is 64.2 Å². The lowest BCUT2D eigenvalue weighted by Gasteiger charge is -2.39. The number of terminal acetylenes is 1. The number of piperidine rings is 1. The molecule has 0 spiro atoms. The van der Waals surface area contributed by atoms with E-state index in [-0.39, 0.29) is 11.1 Å². The molecule has 34 heavy (non-hydrogen) atoms. The van der Waals surface area contributed by atoms with Crippen LogP contribution in [0.5, 0.6) is 0 Å². The number of benzene rings is 2. The second-order valence-electron chi connectivity index (χ2n) is 9.10. The minimum absolute atomic E-state index is 0.239. The zero-order chi connectivity index (χ0) is 24.5. The van der Waals surface area contributed by atoms with E-state index in [1.165, 1.54) is 6.07 Å². The zero-order valence-corrected chi connectivity index (χ0v) is 20.0. The fourth-order valence-corrected chi connectivity index (χ4v) is 4.89. The average Bonchev–Trinajstić information content (AvgIpc) is 2.81. The van der Waals surface area contributed by atoms with Gasteiger partial charge in [-0.1, -0.05) is 30.2 Å². The summed E-state index contributed by atoms with van der Waals surface area (Å²) in [5.74, 6) is 2.84. The highest BCUT2D eigenvalue weighted by atomic mass is 19.1. The lowest BCUT2D eigenvalue weighted by molar-refractivity contribution is 0.197. The van der Waals surface area contributed by atoms with Crippen LogP contribution in [0.2, 0.25) is 0 Å². The molecule has 2 aliphatic heterocycles. The van der Waals surface area contributed by atoms with Gasteiger partial charge >= 0.3 is 0 Å². The summed E-state index contributed by atoms with van der Waals surface area (Å²) in [5, 5.41) is 1.54. The van der Waals surface area contributed by atoms with Gasteiger partial charge in [-0.15, -0.1) is 6.42 Å². The van der Waals surface area contributed by atoms with Crippen molar-refractivity contribution in [3.63, 3.8) is 0 Å². The summed E-state index contributed by atoms with van der Waals surface area (Å²) >= 11 is 0. The van der Waals surface area contributed by atoms with Gasteiger partial charge in [0.1, 0.15) is 11.6 Å². The van der Waals surface area contributed by atoms with E-state index in [2.05, 4.69) is 29.5 Å². The zero-order valence-electron chi connectivity index (χ0n) is 20.0. The first kappa shape index (κ1) is 23.6. The number of likely N-dealkylation sites (tertiary alicyclic amines) is 1. The number of fused-ring (bicyclic) bond motifs is 1. The van der Waals surface area contributed by atoms with E-state index < -0.39 is 5.82 Å². The van der Waals surface area contributed by atoms with Crippen LogP contribution in [0.25, 0.3) is 16.5 Å². The van der Waals surface area contributed by atoms with Gasteiger partial charge < -0.3 is 10.6 Å². The van der Waals surface area contributed by atoms with Crippen LogP contribution in [0, 0.1) is 18.2 Å². The van der Waals surface area contributed by atoms with Crippen molar-refractivity contribution in [3.8, 4) is 12.3 Å². The van der Waals surface area contributed by atoms with E-state index in [1.54, 1.807) is 12.3 Å². The second kappa shape index (κ2) is 9.36. The first-order chi connectivity index (χ1) is 16.3. The highest BCUT2D eigenvalue weighted by molar-refractivity contribution is 6.29. The number of hydrogen-bond acceptors (Lipinski definition) is 5. The van der Waals surface area contributed by atoms with E-state index in [0.29, 0.717) is 18.5 Å². The molecule has 0 radical (unpaired) electrons. The molecular formula is C28H30FN5. The van der Waals surface area contributed by atoms with Crippen LogP contribution >= 0.6 is 0 Å². The highest BCUT2D eigenvalue weighted by Crippen LogP contribution is 2.35. The molecule has 2 heterocycles. The molecule has 2 aromatic rings. The molecule has 174 valence electrons. The molecule has 5 nitrogen and oxygen atoms in total. The molecule has 0 aromatic heterocycles. The molecule has 4 rings (SSSR count). The predicted octanol–water partition coefficient (Wildman–Crippen LogP) is 4.96. The predicted molar refractivity (Wildman–Crippen MR) is 141 cm³/mol. The largest absolute Gasteiger partial charge is 0.354 e. The van der Waals surface area contributed by atoms with E-state index >= 15 is 0 Å². The van der Waals surface area contributed by atoms with Crippen molar-refractivity contribution in [1.29, 1.82) is 0 Å². The Bertz CT molecular complexity index is 1320. The number of nitrogens with zero attached hydrogens (tertiary/aromatic N) is 4. The maximum Gasteiger partial charge on any atom is 0.139 e. The Morgan fingerprint density at radius 2 is 2.15 bits per heavy atom. The Morgan fingerprint density at radius 1 is 1.35 bits per heavy atom. The third-order valence-corrected chi connectivity index (χ3v) is 6.42. The molecule has 0 amide bonds. The summed E-state index contributed by atoms with van der Waals surface area (Å²) in [6.45, 7) is 12.0. The number of rotatable bonds is 4. The lowest BCUT2D eigenvalue weighted by Crippen LogP contribution is -2.51. The summed E-state index contributed by atoms with van der Waals surface area (Å²) in [6, 6.07) is 8.93. The standard InChI is InChI=1S/C28H30FN5/c1-6-20-23(29)13-12-19-10-8-11-21(24(19)20)25-18(3)26(32-7-2)22(16-33-25)27(31-5)34-15-9-14-28(4,30)17-34/h1,8,10-13,16H,5,7,9,14-15,17,30H2,2-4H3/b27-22+,32-26-. The summed E-state index contributed by atoms with van der Waals surface area (Å²) in [6.07, 6.45) is 9.43. The van der Waals surface area contributed by atoms with Gasteiger partial charge in [-0.2, -0.15) is 0 Å². The van der Waals surface area contributed by atoms with Crippen molar-refractivity contribution in [2.45, 2.75) is 39.2 Å². The third kappa shape index (κ3) is 4.20. The Morgan fingerprint density at radius 3 is 2.82 bits per heavy atom. The van der Waals surface area contributed by atoms with E-state index in [4.69, 9.17) is 22.1 Å². The van der Waals surface area contributed by atoms with Crippen molar-refractivity contribution < 1.29 is 4.39 Å². The number of allylic oxidation sites excluding steroid dienone is 2. The Kier molecular flexibility index (Phi) is 6.49. The molecule has 1 atom stereocenters. The van der Waals surface area contributed by atoms with Gasteiger partial charge in [0.25, 0.3) is 0 Å². The summed E-state index contributed by atoms with van der Waals surface area (Å²) in [4.78, 5) is 16.2. The topological polar surface area (TPSA) is 66.3 Å². The second-order valence-corrected chi connectivity index (χ2v) is 9.10. The van der Waals surface area contributed by atoms with E-state index in [1.807, 2.05) is 32.0 Å². The Hall–Kier alpha value is -3.56. The minimum atomic E-state index is -0.420. The van der Waals surface area contributed by atoms with Crippen molar-refractivity contribution in [2.24, 2.45) is 20.7 Å². The Balaban J connectivity index is 1.90. The molecule has 1 unspecified atom stereocenters. The molecule has 0 saturated carbocycles. The fourth-order valence-electron chi connectivity index (χ4n) is 4.89. The molecule has 6 heteroatoms. The molecule has 2 aliphatic rings. The molecular weight excluding hydrogens is 425 g/mol. The SMILES string of the molecule is C#Cc1c(F)ccc2cccc(C3=C(C)C(=N/CC)/C(=C(\N=C)N4CCCC(C)(N)C4)C=N3)c12. The molecule has 2 aromatic carbocycles. The van der Waals surface area contributed by atoms with Gasteiger partial charge in [0.2, 0.25) is 0 Å². The quantitative estimate of drug-likeness (QED) is 0.523. The fraction of sp³-hybridized carbons (Fsp3) is 0.321. The average molecular weight is 456 g/mol. The van der Waals surface area contributed by atoms with E-state index in [0.717, 1.165) is 58.7 Å². The number of aliphatic imine (C=N–C) groups is 3. The van der Waals surface area contributed by atoms with Gasteiger partial charge in [0, 0.05) is 47.9 Å². The van der Waals surface area contributed by atoms with Crippen LogP contribution in [0.3, 0.4) is 0 Å². The monoisotopic (exact) mass is 455 g/mol. The lowest BCUT2D eigenvalue weighted by atomic mass is 9.90. The van der Waals surface area contributed by atoms with Crippen LogP contribution in [-0.2, 0) is 0 Å². The molecule has 0 aliphatic carbocycles. The number of hydrogen-bond donors (Lipinski definition) is 1. The first-order valence-corrected chi connectivity index (χ1v) is 11.5. The molecule has 1 saturated heterocycles. The van der Waals surface area contributed by atoms with Crippen molar-refractivity contribution in [1.82, 2.24) is 4.90 Å². The maximum atomic E-state index is 14.6. The van der Waals surface area contributed by atoms with Gasteiger partial charge in [-0.25, -0.2) is 9.38 Å². The molecule has 0 bridgehead atoms. The van der Waals surface area contributed by atoms with Crippen LogP contribution in [0.1, 0.15) is 44.7 Å². The van der Waals surface area contributed by atoms with Crippen molar-refractivity contribution in [2.75, 3.05) is 19.6 Å². The van der Waals surface area contributed by atoms with Gasteiger partial charge in [0.15, 0.2) is 0 Å². The first-order valence-electron chi connectivity index (χ1n) is 11.5. The van der Waals surface area contributed by atoms with Gasteiger partial charge in [-0.3, -0.25) is 9.98 Å². The highest BCUT2D eigenvalue weighted by Gasteiger charge is 2.31. The van der Waals surface area contributed by atoms with Crippen LogP contribution in [0.15, 0.2) is 62.3 Å². The normalized spacial score (nSPS) is 23.4. The van der Waals surface area contributed by atoms with E-state index in [9.17, 15) is 4.39 Å².